The summed E-state index contributed by atoms with van der Waals surface area (Å²) in [5.74, 6) is -0.429. The summed E-state index contributed by atoms with van der Waals surface area (Å²) in [5, 5.41) is 9.19. The maximum atomic E-state index is 10.6. The lowest BCUT2D eigenvalue weighted by Crippen LogP contribution is -2.07. The van der Waals surface area contributed by atoms with Gasteiger partial charge in [0.2, 0.25) is 0 Å². The normalized spacial score (nSPS) is 10.8. The molecule has 0 unspecified atom stereocenters. The van der Waals surface area contributed by atoms with E-state index < -0.39 is 5.97 Å². The van der Waals surface area contributed by atoms with Crippen molar-refractivity contribution in [3.63, 3.8) is 0 Å². The van der Waals surface area contributed by atoms with Crippen LogP contribution >= 0.6 is 11.6 Å². The van der Waals surface area contributed by atoms with Gasteiger partial charge in [-0.15, -0.1) is 0 Å². The van der Waals surface area contributed by atoms with Gasteiger partial charge in [-0.25, -0.2) is 9.78 Å². The van der Waals surface area contributed by atoms with E-state index in [0.717, 1.165) is 6.08 Å². The second-order valence-electron chi connectivity index (χ2n) is 4.00. The largest absolute Gasteiger partial charge is 0.491 e. The summed E-state index contributed by atoms with van der Waals surface area (Å²) in [4.78, 5) is 14.5. The lowest BCUT2D eigenvalue weighted by Gasteiger charge is -2.10. The second kappa shape index (κ2) is 6.77. The van der Waals surface area contributed by atoms with Crippen molar-refractivity contribution in [3.05, 3.63) is 53.6 Å². The number of halogens is 1. The molecule has 0 saturated carbocycles. The molecule has 104 valence electrons. The third-order valence-electron chi connectivity index (χ3n) is 2.54. The number of imidazole rings is 1. The van der Waals surface area contributed by atoms with Crippen LogP contribution in [0.25, 0.3) is 6.08 Å². The minimum Gasteiger partial charge on any atom is -0.491 e. The van der Waals surface area contributed by atoms with Gasteiger partial charge >= 0.3 is 5.97 Å². The number of carboxylic acids is 1. The van der Waals surface area contributed by atoms with Gasteiger partial charge in [0, 0.05) is 29.1 Å². The van der Waals surface area contributed by atoms with Gasteiger partial charge in [0.25, 0.3) is 0 Å². The Labute approximate surface area is 121 Å². The minimum absolute atomic E-state index is 0.450. The number of ether oxygens (including phenoxy) is 1. The van der Waals surface area contributed by atoms with Crippen molar-refractivity contribution in [2.24, 2.45) is 0 Å². The third kappa shape index (κ3) is 4.13. The predicted molar refractivity (Wildman–Crippen MR) is 75.8 cm³/mol. The van der Waals surface area contributed by atoms with Crippen LogP contribution in [0, 0.1) is 0 Å². The van der Waals surface area contributed by atoms with Gasteiger partial charge in [-0.2, -0.15) is 0 Å². The maximum absolute atomic E-state index is 10.6. The summed E-state index contributed by atoms with van der Waals surface area (Å²) in [5.41, 5.74) is 0.630. The first-order valence-corrected chi connectivity index (χ1v) is 6.32. The molecule has 0 fully saturated rings. The van der Waals surface area contributed by atoms with E-state index >= 15 is 0 Å². The van der Waals surface area contributed by atoms with Crippen LogP contribution in [0.4, 0.5) is 0 Å². The highest BCUT2D eigenvalue weighted by molar-refractivity contribution is 6.30. The van der Waals surface area contributed by atoms with Gasteiger partial charge in [0.1, 0.15) is 12.4 Å². The number of nitrogens with zero attached hydrogens (tertiary/aromatic N) is 2. The summed E-state index contributed by atoms with van der Waals surface area (Å²) in [7, 11) is 0. The Bertz CT molecular complexity index is 609. The van der Waals surface area contributed by atoms with Crippen molar-refractivity contribution in [1.29, 1.82) is 0 Å². The third-order valence-corrected chi connectivity index (χ3v) is 2.78. The average molecular weight is 293 g/mol. The molecule has 0 saturated heterocycles. The van der Waals surface area contributed by atoms with E-state index in [0.29, 0.717) is 29.5 Å². The number of benzene rings is 1. The number of carboxylic acid groups (broad SMARTS) is 1. The Hall–Kier alpha value is -2.27. The van der Waals surface area contributed by atoms with Crippen molar-refractivity contribution in [2.45, 2.75) is 6.54 Å². The van der Waals surface area contributed by atoms with E-state index in [4.69, 9.17) is 21.4 Å². The molecule has 0 bridgehead atoms. The number of hydrogen-bond donors (Lipinski definition) is 1. The molecule has 5 nitrogen and oxygen atoms in total. The molecule has 1 aromatic heterocycles. The van der Waals surface area contributed by atoms with Gasteiger partial charge in [-0.3, -0.25) is 0 Å². The summed E-state index contributed by atoms with van der Waals surface area (Å²) in [6.07, 6.45) is 7.76. The summed E-state index contributed by atoms with van der Waals surface area (Å²) >= 11 is 5.90. The molecule has 0 amide bonds. The van der Waals surface area contributed by atoms with Crippen LogP contribution in [0.1, 0.15) is 5.56 Å². The number of aromatic nitrogens is 2. The van der Waals surface area contributed by atoms with Gasteiger partial charge in [-0.1, -0.05) is 11.6 Å². The van der Waals surface area contributed by atoms with Crippen LogP contribution < -0.4 is 4.74 Å². The van der Waals surface area contributed by atoms with E-state index in [1.807, 2.05) is 10.8 Å². The first-order chi connectivity index (χ1) is 9.65. The Morgan fingerprint density at radius 1 is 1.50 bits per heavy atom. The topological polar surface area (TPSA) is 64.3 Å². The number of carbonyl (C=O) groups is 1. The summed E-state index contributed by atoms with van der Waals surface area (Å²) in [6.45, 7) is 1.11. The lowest BCUT2D eigenvalue weighted by atomic mass is 10.2. The van der Waals surface area contributed by atoms with Crippen LogP contribution in [0.2, 0.25) is 5.02 Å². The number of hydrogen-bond acceptors (Lipinski definition) is 3. The monoisotopic (exact) mass is 292 g/mol. The highest BCUT2D eigenvalue weighted by Crippen LogP contribution is 2.24. The van der Waals surface area contributed by atoms with Crippen LogP contribution in [-0.4, -0.2) is 27.2 Å². The van der Waals surface area contributed by atoms with Crippen molar-refractivity contribution in [3.8, 4) is 5.75 Å². The first kappa shape index (κ1) is 14.1. The molecule has 0 spiro atoms. The fourth-order valence-corrected chi connectivity index (χ4v) is 1.80. The quantitative estimate of drug-likeness (QED) is 0.832. The Kier molecular flexibility index (Phi) is 4.79. The predicted octanol–water partition coefficient (Wildman–Crippen LogP) is 2.71. The van der Waals surface area contributed by atoms with Gasteiger partial charge in [-0.05, 0) is 24.3 Å². The van der Waals surface area contributed by atoms with Crippen molar-refractivity contribution < 1.29 is 14.6 Å². The molecule has 2 rings (SSSR count). The Morgan fingerprint density at radius 3 is 3.05 bits per heavy atom. The molecule has 0 aliphatic carbocycles. The molecular formula is C14H13ClN2O3. The smallest absolute Gasteiger partial charge is 0.328 e. The fourth-order valence-electron chi connectivity index (χ4n) is 1.62. The van der Waals surface area contributed by atoms with Crippen LogP contribution in [0.3, 0.4) is 0 Å². The Morgan fingerprint density at radius 2 is 2.35 bits per heavy atom. The maximum Gasteiger partial charge on any atom is 0.328 e. The van der Waals surface area contributed by atoms with E-state index in [2.05, 4.69) is 4.98 Å². The molecule has 0 radical (unpaired) electrons. The molecule has 0 atom stereocenters. The molecule has 1 aromatic carbocycles. The van der Waals surface area contributed by atoms with Gasteiger partial charge in [0.15, 0.2) is 0 Å². The molecule has 20 heavy (non-hydrogen) atoms. The van der Waals surface area contributed by atoms with Crippen molar-refractivity contribution >= 4 is 23.6 Å². The summed E-state index contributed by atoms with van der Waals surface area (Å²) in [6, 6.07) is 5.08. The standard InChI is InChI=1S/C14H13ClN2O3/c15-12-2-3-13(11(9-12)1-4-14(18)19)20-8-7-17-6-5-16-10-17/h1-6,9-10H,7-8H2,(H,18,19)/b4-1+. The second-order valence-corrected chi connectivity index (χ2v) is 4.44. The van der Waals surface area contributed by atoms with Crippen molar-refractivity contribution in [1.82, 2.24) is 9.55 Å². The van der Waals surface area contributed by atoms with Crippen LogP contribution in [0.15, 0.2) is 43.0 Å². The van der Waals surface area contributed by atoms with E-state index in [1.165, 1.54) is 6.08 Å². The van der Waals surface area contributed by atoms with E-state index in [1.54, 1.807) is 30.7 Å². The minimum atomic E-state index is -1.02. The van der Waals surface area contributed by atoms with E-state index in [9.17, 15) is 4.79 Å². The first-order valence-electron chi connectivity index (χ1n) is 5.94. The zero-order chi connectivity index (χ0) is 14.4. The molecule has 0 aliphatic heterocycles. The molecular weight excluding hydrogens is 280 g/mol. The fraction of sp³-hybridized carbons (Fsp3) is 0.143. The SMILES string of the molecule is O=C(O)/C=C/c1cc(Cl)ccc1OCCn1ccnc1. The van der Waals surface area contributed by atoms with Gasteiger partial charge in [0.05, 0.1) is 12.9 Å². The zero-order valence-electron chi connectivity index (χ0n) is 10.6. The van der Waals surface area contributed by atoms with Crippen molar-refractivity contribution in [2.75, 3.05) is 6.61 Å². The lowest BCUT2D eigenvalue weighted by molar-refractivity contribution is -0.131. The molecule has 1 heterocycles. The molecule has 1 N–H and O–H groups in total. The van der Waals surface area contributed by atoms with Crippen LogP contribution in [-0.2, 0) is 11.3 Å². The Balaban J connectivity index is 2.04. The summed E-state index contributed by atoms with van der Waals surface area (Å²) < 4.78 is 7.54. The average Bonchev–Trinajstić information content (AvgIpc) is 2.91. The number of rotatable bonds is 6. The van der Waals surface area contributed by atoms with E-state index in [-0.39, 0.29) is 0 Å². The zero-order valence-corrected chi connectivity index (χ0v) is 11.3. The van der Waals surface area contributed by atoms with Crippen LogP contribution in [0.5, 0.6) is 5.75 Å². The highest BCUT2D eigenvalue weighted by Gasteiger charge is 2.03. The highest BCUT2D eigenvalue weighted by atomic mass is 35.5. The molecule has 0 aliphatic rings. The molecule has 6 heteroatoms. The number of aliphatic carboxylic acids is 1. The molecule has 2 aromatic rings. The van der Waals surface area contributed by atoms with Gasteiger partial charge < -0.3 is 14.4 Å².